The highest BCUT2D eigenvalue weighted by Crippen LogP contribution is 2.24. The Morgan fingerprint density at radius 2 is 1.93 bits per heavy atom. The molecule has 7 nitrogen and oxygen atoms in total. The second-order valence-corrected chi connectivity index (χ2v) is 7.60. The molecular weight excluding hydrogens is 372 g/mol. The van der Waals surface area contributed by atoms with Crippen molar-refractivity contribution in [2.24, 2.45) is 0 Å². The first kappa shape index (κ1) is 21.1. The topological polar surface area (TPSA) is 84.9 Å². The highest BCUT2D eigenvalue weighted by atomic mass is 16.5. The first-order valence-electron chi connectivity index (χ1n) is 10.6. The summed E-state index contributed by atoms with van der Waals surface area (Å²) in [5.74, 6) is -0.555. The first-order chi connectivity index (χ1) is 14.1. The Labute approximate surface area is 171 Å². The zero-order chi connectivity index (χ0) is 20.6. The van der Waals surface area contributed by atoms with Crippen LogP contribution in [0, 0.1) is 0 Å². The van der Waals surface area contributed by atoms with Gasteiger partial charge in [-0.3, -0.25) is 14.4 Å². The highest BCUT2D eigenvalue weighted by molar-refractivity contribution is 6.01. The highest BCUT2D eigenvalue weighted by Gasteiger charge is 2.37. The maximum atomic E-state index is 13.2. The van der Waals surface area contributed by atoms with Gasteiger partial charge >= 0.3 is 5.97 Å². The molecule has 7 heteroatoms. The monoisotopic (exact) mass is 402 g/mol. The number of rotatable bonds is 7. The van der Waals surface area contributed by atoms with E-state index in [9.17, 15) is 14.4 Å². The van der Waals surface area contributed by atoms with Crippen LogP contribution in [0.4, 0.5) is 0 Å². The molecule has 0 bridgehead atoms. The predicted molar refractivity (Wildman–Crippen MR) is 108 cm³/mol. The summed E-state index contributed by atoms with van der Waals surface area (Å²) >= 11 is 0. The van der Waals surface area contributed by atoms with Crippen LogP contribution in [0.3, 0.4) is 0 Å². The van der Waals surface area contributed by atoms with Gasteiger partial charge in [-0.25, -0.2) is 0 Å². The number of amides is 2. The minimum absolute atomic E-state index is 0.0739. The van der Waals surface area contributed by atoms with Crippen LogP contribution >= 0.6 is 0 Å². The Balaban J connectivity index is 1.71. The summed E-state index contributed by atoms with van der Waals surface area (Å²) < 4.78 is 11.3. The zero-order valence-electron chi connectivity index (χ0n) is 17.0. The number of piperazine rings is 1. The van der Waals surface area contributed by atoms with E-state index in [1.807, 2.05) is 13.0 Å². The van der Waals surface area contributed by atoms with Crippen LogP contribution in [0.1, 0.15) is 62.2 Å². The Morgan fingerprint density at radius 1 is 1.17 bits per heavy atom. The summed E-state index contributed by atoms with van der Waals surface area (Å²) in [4.78, 5) is 39.6. The van der Waals surface area contributed by atoms with E-state index in [4.69, 9.17) is 9.47 Å². The molecule has 1 aromatic carbocycles. The molecule has 2 aliphatic rings. The Bertz CT molecular complexity index is 730. The standard InChI is InChI=1S/C22H30N2O5/c1-2-14-28-19-11-7-6-10-17(19)22(27)24-13-12-23-21(26)18(24)15-20(25)29-16-8-4-3-5-9-16/h6-7,10-11,16,18H,2-5,8-9,12-15H2,1H3,(H,23,26)/t18-/m1/s1. The van der Waals surface area contributed by atoms with E-state index in [1.165, 1.54) is 11.3 Å². The molecule has 1 aliphatic carbocycles. The number of ether oxygens (including phenoxy) is 2. The number of nitrogens with one attached hydrogen (secondary N) is 1. The van der Waals surface area contributed by atoms with Crippen LogP contribution in [0.5, 0.6) is 5.75 Å². The third kappa shape index (κ3) is 5.49. The molecule has 2 amide bonds. The molecule has 1 aliphatic heterocycles. The van der Waals surface area contributed by atoms with Crippen molar-refractivity contribution in [1.29, 1.82) is 0 Å². The average molecular weight is 402 g/mol. The predicted octanol–water partition coefficient (Wildman–Crippen LogP) is 2.68. The van der Waals surface area contributed by atoms with Crippen molar-refractivity contribution >= 4 is 17.8 Å². The van der Waals surface area contributed by atoms with Gasteiger partial charge in [0.05, 0.1) is 18.6 Å². The van der Waals surface area contributed by atoms with Crippen molar-refractivity contribution in [3.8, 4) is 5.75 Å². The smallest absolute Gasteiger partial charge is 0.308 e. The summed E-state index contributed by atoms with van der Waals surface area (Å²) in [5.41, 5.74) is 0.404. The molecule has 29 heavy (non-hydrogen) atoms. The Kier molecular flexibility index (Phi) is 7.49. The molecule has 2 fully saturated rings. The van der Waals surface area contributed by atoms with Crippen molar-refractivity contribution in [2.45, 2.75) is 64.0 Å². The fourth-order valence-corrected chi connectivity index (χ4v) is 3.87. The molecule has 0 radical (unpaired) electrons. The van der Waals surface area contributed by atoms with E-state index in [0.29, 0.717) is 31.0 Å². The van der Waals surface area contributed by atoms with Gasteiger partial charge in [0.2, 0.25) is 5.91 Å². The molecular formula is C22H30N2O5. The van der Waals surface area contributed by atoms with Crippen molar-refractivity contribution in [2.75, 3.05) is 19.7 Å². The van der Waals surface area contributed by atoms with E-state index < -0.39 is 12.0 Å². The lowest BCUT2D eigenvalue weighted by molar-refractivity contribution is -0.153. The van der Waals surface area contributed by atoms with Crippen LogP contribution in [0.25, 0.3) is 0 Å². The molecule has 1 N–H and O–H groups in total. The molecule has 0 unspecified atom stereocenters. The quantitative estimate of drug-likeness (QED) is 0.709. The lowest BCUT2D eigenvalue weighted by Crippen LogP contribution is -2.58. The lowest BCUT2D eigenvalue weighted by atomic mass is 9.98. The van der Waals surface area contributed by atoms with Crippen LogP contribution in [-0.4, -0.2) is 54.5 Å². The van der Waals surface area contributed by atoms with Gasteiger partial charge in [0.1, 0.15) is 17.9 Å². The van der Waals surface area contributed by atoms with E-state index in [-0.39, 0.29) is 24.3 Å². The second-order valence-electron chi connectivity index (χ2n) is 7.60. The number of nitrogens with zero attached hydrogens (tertiary/aromatic N) is 1. The largest absolute Gasteiger partial charge is 0.493 e. The van der Waals surface area contributed by atoms with E-state index in [0.717, 1.165) is 32.1 Å². The molecule has 1 heterocycles. The fraction of sp³-hybridized carbons (Fsp3) is 0.591. The molecule has 0 aromatic heterocycles. The maximum absolute atomic E-state index is 13.2. The summed E-state index contributed by atoms with van der Waals surface area (Å²) in [6.07, 6.45) is 5.63. The molecule has 1 atom stereocenters. The summed E-state index contributed by atoms with van der Waals surface area (Å²) in [6, 6.07) is 6.15. The van der Waals surface area contributed by atoms with Crippen LogP contribution in [0.2, 0.25) is 0 Å². The van der Waals surface area contributed by atoms with E-state index in [1.54, 1.807) is 18.2 Å². The fourth-order valence-electron chi connectivity index (χ4n) is 3.87. The van der Waals surface area contributed by atoms with Crippen LogP contribution in [0.15, 0.2) is 24.3 Å². The molecule has 3 rings (SSSR count). The minimum atomic E-state index is -0.869. The second kappa shape index (κ2) is 10.3. The van der Waals surface area contributed by atoms with Crippen molar-refractivity contribution in [3.63, 3.8) is 0 Å². The number of hydrogen-bond acceptors (Lipinski definition) is 5. The van der Waals surface area contributed by atoms with Gasteiger partial charge in [0, 0.05) is 13.1 Å². The van der Waals surface area contributed by atoms with Crippen LogP contribution < -0.4 is 10.1 Å². The Hall–Kier alpha value is -2.57. The van der Waals surface area contributed by atoms with Crippen molar-refractivity contribution in [1.82, 2.24) is 10.2 Å². The number of para-hydroxylation sites is 1. The molecule has 1 aromatic rings. The van der Waals surface area contributed by atoms with Gasteiger partial charge in [0.15, 0.2) is 0 Å². The average Bonchev–Trinajstić information content (AvgIpc) is 2.74. The van der Waals surface area contributed by atoms with Gasteiger partial charge in [-0.05, 0) is 44.2 Å². The number of benzene rings is 1. The first-order valence-corrected chi connectivity index (χ1v) is 10.6. The molecule has 1 saturated carbocycles. The summed E-state index contributed by atoms with van der Waals surface area (Å²) in [6.45, 7) is 3.19. The van der Waals surface area contributed by atoms with Gasteiger partial charge < -0.3 is 19.7 Å². The zero-order valence-corrected chi connectivity index (χ0v) is 17.0. The van der Waals surface area contributed by atoms with Gasteiger partial charge in [0.25, 0.3) is 5.91 Å². The molecule has 0 spiro atoms. The summed E-state index contributed by atoms with van der Waals surface area (Å²) in [7, 11) is 0. The van der Waals surface area contributed by atoms with Gasteiger partial charge in [-0.1, -0.05) is 25.5 Å². The molecule has 1 saturated heterocycles. The minimum Gasteiger partial charge on any atom is -0.493 e. The van der Waals surface area contributed by atoms with Gasteiger partial charge in [-0.15, -0.1) is 0 Å². The Morgan fingerprint density at radius 3 is 2.69 bits per heavy atom. The van der Waals surface area contributed by atoms with Gasteiger partial charge in [-0.2, -0.15) is 0 Å². The van der Waals surface area contributed by atoms with E-state index >= 15 is 0 Å². The lowest BCUT2D eigenvalue weighted by Gasteiger charge is -2.35. The SMILES string of the molecule is CCCOc1ccccc1C(=O)N1CCNC(=O)[C@H]1CC(=O)OC1CCCCC1. The number of carbonyl (C=O) groups is 3. The third-order valence-corrected chi connectivity index (χ3v) is 5.38. The molecule has 158 valence electrons. The third-order valence-electron chi connectivity index (χ3n) is 5.38. The van der Waals surface area contributed by atoms with E-state index in [2.05, 4.69) is 5.32 Å². The number of esters is 1. The van der Waals surface area contributed by atoms with Crippen molar-refractivity contribution in [3.05, 3.63) is 29.8 Å². The number of hydrogen-bond donors (Lipinski definition) is 1. The van der Waals surface area contributed by atoms with Crippen molar-refractivity contribution < 1.29 is 23.9 Å². The number of carbonyl (C=O) groups excluding carboxylic acids is 3. The summed E-state index contributed by atoms with van der Waals surface area (Å²) in [5, 5.41) is 2.75. The normalized spacial score (nSPS) is 20.1. The van der Waals surface area contributed by atoms with Crippen LogP contribution in [-0.2, 0) is 14.3 Å². The maximum Gasteiger partial charge on any atom is 0.308 e.